The van der Waals surface area contributed by atoms with Crippen LogP contribution in [0.25, 0.3) is 6.08 Å². The van der Waals surface area contributed by atoms with E-state index in [1.807, 2.05) is 97.9 Å². The molecule has 21 nitrogen and oxygen atoms in total. The molecule has 0 spiro atoms. The summed E-state index contributed by atoms with van der Waals surface area (Å²) in [6.45, 7) is 65.6. The molecule has 3 fully saturated rings. The number of ether oxygens (including phenoxy) is 17. The van der Waals surface area contributed by atoms with E-state index in [1.165, 1.54) is 23.7 Å². The van der Waals surface area contributed by atoms with Gasteiger partial charge in [0.05, 0.1) is 24.4 Å². The minimum atomic E-state index is -1.39. The second-order valence-electron chi connectivity index (χ2n) is 42.4. The van der Waals surface area contributed by atoms with Gasteiger partial charge in [-0.05, 0) is 70.9 Å². The molecule has 0 bridgehead atoms. The Morgan fingerprint density at radius 3 is 1.49 bits per heavy atom. The van der Waals surface area contributed by atoms with Gasteiger partial charge >= 0.3 is 517 Å². The van der Waals surface area contributed by atoms with Crippen molar-refractivity contribution in [3.05, 3.63) is 143 Å². The van der Waals surface area contributed by atoms with Crippen molar-refractivity contribution in [3.63, 3.8) is 0 Å². The number of phenolic OH excluding ortho intramolecular Hbond substituents is 1. The van der Waals surface area contributed by atoms with Gasteiger partial charge in [-0.15, -0.1) is 0 Å². The SMILES string of the molecule is C.CC(C)[C@H](C)/C=C\C(C)[C@H]1OC(C)(C)O[C@H]1CCI.COCOc1cc(O)cc2c1C(=O)O[C@@H](C)[C@H](C)/C=C\C(C)[C@H]1OC(C)(C)O[C@H]1C/C=C/2.COCOc1cc(OCC[Si](C)(C)C)cc(C(CC[C@@H]2OC(C)(C)O[C@@H]2C(C)/C=C\[C@@H](C)C(C)C)[SeH]=P)c1C(=O)OCC[Si](C)(C)C.COCOc1cc(OCC[Si](C)(C)C)cc(C[Se]c2ccccc2)c1C(=O)OCC[Si](C)(C)C. The van der Waals surface area contributed by atoms with Crippen LogP contribution in [0.15, 0.2) is 109 Å². The molecule has 29 heteroatoms. The van der Waals surface area contributed by atoms with Gasteiger partial charge in [0.1, 0.15) is 23.2 Å². The minimum absolute atomic E-state index is 0. The average molecular weight is 2190 g/mol. The molecule has 754 valence electrons. The molecule has 0 amide bonds. The number of halogens is 1. The van der Waals surface area contributed by atoms with Crippen molar-refractivity contribution in [1.29, 1.82) is 0 Å². The number of rotatable bonds is 43. The van der Waals surface area contributed by atoms with Crippen molar-refractivity contribution in [2.24, 2.45) is 47.3 Å². The number of esters is 3. The van der Waals surface area contributed by atoms with Crippen LogP contribution in [0.1, 0.15) is 203 Å². The van der Waals surface area contributed by atoms with Gasteiger partial charge in [0.15, 0.2) is 18.4 Å². The molecule has 133 heavy (non-hydrogen) atoms. The summed E-state index contributed by atoms with van der Waals surface area (Å²) >= 11 is 2.21. The first-order valence-corrected chi connectivity index (χ1v) is 70.2. The predicted molar refractivity (Wildman–Crippen MR) is 568 cm³/mol. The summed E-state index contributed by atoms with van der Waals surface area (Å²) in [6.07, 6.45) is 20.0. The van der Waals surface area contributed by atoms with Crippen LogP contribution in [-0.4, -0.2) is 217 Å². The van der Waals surface area contributed by atoms with Crippen molar-refractivity contribution in [2.75, 3.05) is 72.6 Å². The van der Waals surface area contributed by atoms with E-state index in [1.54, 1.807) is 26.4 Å². The van der Waals surface area contributed by atoms with E-state index >= 15 is 0 Å². The van der Waals surface area contributed by atoms with Gasteiger partial charge in [0, 0.05) is 35.4 Å². The van der Waals surface area contributed by atoms with Crippen LogP contribution < -0.4 is 28.1 Å². The summed E-state index contributed by atoms with van der Waals surface area (Å²) in [5.74, 6) is 2.60. The molecule has 0 radical (unpaired) electrons. The Kier molecular flexibility index (Phi) is 52.3. The number of phenols is 1. The zero-order valence-corrected chi connectivity index (χ0v) is 96.8. The quantitative estimate of drug-likeness (QED) is 0.00635. The number of cyclic esters (lactones) is 1. The molecule has 3 saturated heterocycles. The third-order valence-electron chi connectivity index (χ3n) is 23.3. The Balaban J connectivity index is 0.000000385. The first kappa shape index (κ1) is 121. The molecule has 14 atom stereocenters. The fourth-order valence-corrected chi connectivity index (χ4v) is 22.6. The van der Waals surface area contributed by atoms with Crippen LogP contribution in [0.4, 0.5) is 0 Å². The van der Waals surface area contributed by atoms with Gasteiger partial charge in [-0.1, -0.05) is 108 Å². The number of carbonyl (C=O) groups is 3. The number of aromatic hydroxyl groups is 1. The van der Waals surface area contributed by atoms with Gasteiger partial charge in [-0.25, -0.2) is 4.79 Å². The summed E-state index contributed by atoms with van der Waals surface area (Å²) in [4.78, 5) is 40.3. The van der Waals surface area contributed by atoms with E-state index in [-0.39, 0.29) is 151 Å². The van der Waals surface area contributed by atoms with Crippen LogP contribution in [0.3, 0.4) is 0 Å². The Labute approximate surface area is 834 Å². The van der Waals surface area contributed by atoms with Crippen molar-refractivity contribution < 1.29 is 100 Å². The van der Waals surface area contributed by atoms with E-state index in [0.717, 1.165) is 70.1 Å². The first-order chi connectivity index (χ1) is 61.6. The monoisotopic (exact) mass is 2190 g/mol. The van der Waals surface area contributed by atoms with E-state index in [2.05, 4.69) is 220 Å². The number of allylic oxidation sites excluding steroid dienone is 2. The van der Waals surface area contributed by atoms with E-state index < -0.39 is 55.6 Å². The predicted octanol–water partition coefficient (Wildman–Crippen LogP) is 24.8. The molecule has 1 N–H and O–H groups in total. The number of methoxy groups -OCH3 is 3. The molecule has 0 aliphatic carbocycles. The molecular weight excluding hydrogens is 2010 g/mol. The molecule has 8 rings (SSSR count). The zero-order chi connectivity index (χ0) is 98.9. The standard InChI is InChI=1S/C36H65O7PSeSi2.C26H40O5SeSi2.C25H34O7.C16H29IO2.CH4/c1-25(2)26(3)14-15-27(4)34-30(42-36(5,6)43-34)16-17-32(45-44)29-22-28(39-18-20-46(8,9)10)23-31(41-24-38-7)33(29)35(37)40-19-21-47(11,12)13;1-28-20-31-24-18-22(29-13-15-33(2,3)4)17-21(19-32-23-11-9-8-10-12-23)25(24)26(27)30-14-16-34(5,6)7;1-15-10-11-16(2)23-20(31-25(4,5)32-23)9-7-8-18-12-19(26)13-21(29-14-28-6)22(18)24(27)30-17(15)3;1-11(2)12(3)7-8-13(4)15-14(9-10-17)18-16(5,6)19-15;/h14-15,22-23,25-27,30,32,34,44-45H,16-21,24H2,1-13H3;8-12,17-18H,13-16,19-20H2,1-7H3;7-8,10-13,15-17,20,23,26H,9,14H2,1-6H3;7-8,11-15H,9-10H2,1-6H3;1H4/b15-14-;;8-7+,11-10-;8-7-;/t26-,27?,30+,32?,34-;;15-,16?,17+,20+,23-;12-,13?,14+,15-;/m1.11./s1. The van der Waals surface area contributed by atoms with E-state index in [9.17, 15) is 19.5 Å². The molecule has 4 aliphatic rings. The van der Waals surface area contributed by atoms with E-state index in [0.29, 0.717) is 96.4 Å². The maximum atomic E-state index is 13.9. The molecule has 4 unspecified atom stereocenters. The van der Waals surface area contributed by atoms with Crippen molar-refractivity contribution >= 4 is 120 Å². The third kappa shape index (κ3) is 44.1. The van der Waals surface area contributed by atoms with Gasteiger partial charge in [0.2, 0.25) is 0 Å². The van der Waals surface area contributed by atoms with Crippen molar-refractivity contribution in [2.45, 2.75) is 324 Å². The third-order valence-corrected chi connectivity index (χ3v) is 36.4. The Morgan fingerprint density at radius 1 is 0.564 bits per heavy atom. The number of carbonyl (C=O) groups excluding carboxylic acids is 3. The number of alkyl halides is 1. The number of hydrogen-bond donors (Lipinski definition) is 1. The molecule has 4 aromatic rings. The summed E-state index contributed by atoms with van der Waals surface area (Å²) in [5.41, 5.74) is 3.49. The summed E-state index contributed by atoms with van der Waals surface area (Å²) < 4.78 is 103. The topological polar surface area (TPSA) is 228 Å². The molecule has 0 aromatic heterocycles. The Hall–Kier alpha value is -4.37. The van der Waals surface area contributed by atoms with Crippen LogP contribution in [0, 0.1) is 47.3 Å². The molecule has 4 aromatic carbocycles. The molecule has 4 aliphatic heterocycles. The molecule has 0 saturated carbocycles. The fraction of sp³-hybridized carbons (Fsp3) is 0.663. The number of fused-ring (bicyclic) bond motifs is 2. The summed E-state index contributed by atoms with van der Waals surface area (Å²) in [7, 11) is 3.35. The van der Waals surface area contributed by atoms with Gasteiger partial charge in [0.25, 0.3) is 0 Å². The number of hydrogen-bond acceptors (Lipinski definition) is 21. The van der Waals surface area contributed by atoms with Crippen LogP contribution >= 0.6 is 30.1 Å². The summed E-state index contributed by atoms with van der Waals surface area (Å²) in [5, 5.41) is 11.0. The van der Waals surface area contributed by atoms with Crippen LogP contribution in [0.2, 0.25) is 103 Å². The van der Waals surface area contributed by atoms with Gasteiger partial charge in [-0.3, -0.25) is 0 Å². The fourth-order valence-electron chi connectivity index (χ4n) is 14.5. The number of benzene rings is 4. The van der Waals surface area contributed by atoms with Gasteiger partial charge < -0.3 is 38.3 Å². The molecular formula is C104H172IO21PSe2Si4. The average Bonchev–Trinajstić information content (AvgIpc) is 1.78. The van der Waals surface area contributed by atoms with Gasteiger partial charge in [-0.2, -0.15) is 0 Å². The van der Waals surface area contributed by atoms with E-state index in [4.69, 9.17) is 80.5 Å². The van der Waals surface area contributed by atoms with Crippen LogP contribution in [-0.2, 0) is 62.2 Å². The normalized spacial score (nSPS) is 22.3. The second kappa shape index (κ2) is 57.5. The Bertz CT molecular complexity index is 4290. The first-order valence-electron chi connectivity index (χ1n) is 47.4. The van der Waals surface area contributed by atoms with Crippen molar-refractivity contribution in [1.82, 2.24) is 0 Å². The maximum absolute atomic E-state index is 13.9. The van der Waals surface area contributed by atoms with Crippen molar-refractivity contribution in [3.8, 4) is 34.5 Å². The summed E-state index contributed by atoms with van der Waals surface area (Å²) in [6, 6.07) is 24.8. The second-order valence-corrected chi connectivity index (χ2v) is 71.3. The van der Waals surface area contributed by atoms with Crippen LogP contribution in [0.5, 0.6) is 34.5 Å². The zero-order valence-electron chi connectivity index (χ0n) is 86.1. The Morgan fingerprint density at radius 2 is 1.02 bits per heavy atom. The molecule has 4 heterocycles.